The molecule has 6 nitrogen and oxygen atoms in total. The number of nitrogens with zero attached hydrogens (tertiary/aromatic N) is 1. The largest absolute Gasteiger partial charge is 0.379 e. The van der Waals surface area contributed by atoms with Gasteiger partial charge in [-0.3, -0.25) is 4.79 Å². The van der Waals surface area contributed by atoms with Crippen molar-refractivity contribution in [1.82, 2.24) is 9.62 Å². The van der Waals surface area contributed by atoms with Gasteiger partial charge in [0.2, 0.25) is 10.0 Å². The number of amides is 1. The number of ether oxygens (including phenoxy) is 1. The maximum absolute atomic E-state index is 14.3. The van der Waals surface area contributed by atoms with Gasteiger partial charge in [-0.05, 0) is 43.2 Å². The van der Waals surface area contributed by atoms with Gasteiger partial charge in [0.1, 0.15) is 5.82 Å². The molecule has 0 radical (unpaired) electrons. The van der Waals surface area contributed by atoms with Gasteiger partial charge in [0.15, 0.2) is 0 Å². The van der Waals surface area contributed by atoms with Crippen LogP contribution in [0.3, 0.4) is 0 Å². The highest BCUT2D eigenvalue weighted by Gasteiger charge is 2.28. The van der Waals surface area contributed by atoms with Crippen LogP contribution in [0.15, 0.2) is 47.4 Å². The third kappa shape index (κ3) is 4.24. The number of benzene rings is 2. The van der Waals surface area contributed by atoms with Gasteiger partial charge in [-0.25, -0.2) is 12.8 Å². The maximum atomic E-state index is 14.3. The Kier molecular flexibility index (Phi) is 6.12. The minimum absolute atomic E-state index is 0.107. The first-order valence-corrected chi connectivity index (χ1v) is 10.5. The van der Waals surface area contributed by atoms with Crippen molar-refractivity contribution in [3.8, 4) is 0 Å². The number of halogens is 1. The number of hydrogen-bond acceptors (Lipinski definition) is 4. The second kappa shape index (κ2) is 8.38. The van der Waals surface area contributed by atoms with E-state index in [0.29, 0.717) is 13.2 Å². The fourth-order valence-electron chi connectivity index (χ4n) is 3.20. The third-order valence-corrected chi connectivity index (χ3v) is 6.69. The Balaban J connectivity index is 1.85. The normalized spacial score (nSPS) is 16.5. The van der Waals surface area contributed by atoms with Gasteiger partial charge in [0, 0.05) is 13.1 Å². The van der Waals surface area contributed by atoms with E-state index < -0.39 is 21.7 Å². The van der Waals surface area contributed by atoms with E-state index in [1.165, 1.54) is 10.4 Å². The first kappa shape index (κ1) is 20.4. The van der Waals surface area contributed by atoms with E-state index in [-0.39, 0.29) is 29.6 Å². The highest BCUT2D eigenvalue weighted by atomic mass is 32.2. The standard InChI is InChI=1S/C20H23FN2O4S/c1-14-5-3-4-6-17(14)15(2)22-20(24)18-13-16(7-8-19(18)21)28(25,26)23-9-11-27-12-10-23/h3-8,13,15H,9-12H2,1-2H3,(H,22,24). The zero-order valence-electron chi connectivity index (χ0n) is 15.8. The molecule has 0 spiro atoms. The zero-order chi connectivity index (χ0) is 20.3. The van der Waals surface area contributed by atoms with Crippen molar-refractivity contribution in [3.05, 3.63) is 65.0 Å². The average Bonchev–Trinajstić information content (AvgIpc) is 2.69. The van der Waals surface area contributed by atoms with Gasteiger partial charge in [0.05, 0.1) is 29.7 Å². The van der Waals surface area contributed by atoms with E-state index in [0.717, 1.165) is 23.3 Å². The third-order valence-electron chi connectivity index (χ3n) is 4.79. The first-order valence-electron chi connectivity index (χ1n) is 9.04. The summed E-state index contributed by atoms with van der Waals surface area (Å²) in [5.74, 6) is -1.43. The fourth-order valence-corrected chi connectivity index (χ4v) is 4.63. The van der Waals surface area contributed by atoms with E-state index in [9.17, 15) is 17.6 Å². The molecule has 3 rings (SSSR count). The number of aryl methyl sites for hydroxylation is 1. The maximum Gasteiger partial charge on any atom is 0.254 e. The summed E-state index contributed by atoms with van der Waals surface area (Å²) in [6.07, 6.45) is 0. The van der Waals surface area contributed by atoms with E-state index in [1.54, 1.807) is 6.92 Å². The summed E-state index contributed by atoms with van der Waals surface area (Å²) in [7, 11) is -3.82. The molecule has 1 atom stereocenters. The lowest BCUT2D eigenvalue weighted by Gasteiger charge is -2.26. The van der Waals surface area contributed by atoms with Crippen LogP contribution in [0.1, 0.15) is 34.5 Å². The summed E-state index contributed by atoms with van der Waals surface area (Å²) in [6.45, 7) is 4.79. The van der Waals surface area contributed by atoms with Crippen molar-refractivity contribution in [3.63, 3.8) is 0 Å². The number of carbonyl (C=O) groups is 1. The van der Waals surface area contributed by atoms with E-state index in [2.05, 4.69) is 5.32 Å². The molecule has 1 unspecified atom stereocenters. The zero-order valence-corrected chi connectivity index (χ0v) is 16.6. The molecule has 1 amide bonds. The highest BCUT2D eigenvalue weighted by Crippen LogP contribution is 2.22. The van der Waals surface area contributed by atoms with Crippen LogP contribution in [0.25, 0.3) is 0 Å². The minimum Gasteiger partial charge on any atom is -0.379 e. The number of hydrogen-bond donors (Lipinski definition) is 1. The molecular weight excluding hydrogens is 383 g/mol. The van der Waals surface area contributed by atoms with Crippen LogP contribution in [-0.2, 0) is 14.8 Å². The Morgan fingerprint density at radius 1 is 1.18 bits per heavy atom. The second-order valence-corrected chi connectivity index (χ2v) is 8.65. The summed E-state index contributed by atoms with van der Waals surface area (Å²) in [6, 6.07) is 10.5. The van der Waals surface area contributed by atoms with E-state index >= 15 is 0 Å². The Morgan fingerprint density at radius 3 is 2.54 bits per heavy atom. The summed E-state index contributed by atoms with van der Waals surface area (Å²) in [4.78, 5) is 12.5. The van der Waals surface area contributed by atoms with Gasteiger partial charge in [-0.2, -0.15) is 4.31 Å². The van der Waals surface area contributed by atoms with Crippen LogP contribution in [0.2, 0.25) is 0 Å². The van der Waals surface area contributed by atoms with Crippen LogP contribution in [-0.4, -0.2) is 44.9 Å². The molecule has 150 valence electrons. The molecule has 0 saturated carbocycles. The molecule has 28 heavy (non-hydrogen) atoms. The van der Waals surface area contributed by atoms with Crippen LogP contribution in [0, 0.1) is 12.7 Å². The number of morpholine rings is 1. The molecule has 0 aromatic heterocycles. The summed E-state index contributed by atoms with van der Waals surface area (Å²) in [5, 5.41) is 2.74. The molecule has 1 aliphatic heterocycles. The van der Waals surface area contributed by atoms with Crippen molar-refractivity contribution in [2.24, 2.45) is 0 Å². The Hall–Kier alpha value is -2.29. The quantitative estimate of drug-likeness (QED) is 0.828. The molecule has 2 aromatic carbocycles. The van der Waals surface area contributed by atoms with E-state index in [4.69, 9.17) is 4.74 Å². The molecule has 1 N–H and O–H groups in total. The SMILES string of the molecule is Cc1ccccc1C(C)NC(=O)c1cc(S(=O)(=O)N2CCOCC2)ccc1F. The Bertz CT molecular complexity index is 972. The number of rotatable bonds is 5. The molecule has 1 saturated heterocycles. The molecule has 2 aromatic rings. The van der Waals surface area contributed by atoms with Crippen LogP contribution in [0.5, 0.6) is 0 Å². The topological polar surface area (TPSA) is 75.7 Å². The van der Waals surface area contributed by atoms with Gasteiger partial charge in [-0.15, -0.1) is 0 Å². The van der Waals surface area contributed by atoms with Gasteiger partial charge in [-0.1, -0.05) is 24.3 Å². The smallest absolute Gasteiger partial charge is 0.254 e. The van der Waals surface area contributed by atoms with E-state index in [1.807, 2.05) is 31.2 Å². The Labute approximate surface area is 164 Å². The van der Waals surface area contributed by atoms with Crippen LogP contribution < -0.4 is 5.32 Å². The summed E-state index contributed by atoms with van der Waals surface area (Å²) in [5.41, 5.74) is 1.61. The van der Waals surface area contributed by atoms with Crippen molar-refractivity contribution in [2.45, 2.75) is 24.8 Å². The molecular formula is C20H23FN2O4S. The number of carbonyl (C=O) groups excluding carboxylic acids is 1. The van der Waals surface area contributed by atoms with Gasteiger partial charge in [0.25, 0.3) is 5.91 Å². The second-order valence-electron chi connectivity index (χ2n) is 6.71. The lowest BCUT2D eigenvalue weighted by molar-refractivity contribution is 0.0730. The molecule has 8 heteroatoms. The minimum atomic E-state index is -3.82. The molecule has 0 bridgehead atoms. The number of nitrogens with one attached hydrogen (secondary N) is 1. The monoisotopic (exact) mass is 406 g/mol. The summed E-state index contributed by atoms with van der Waals surface area (Å²) < 4.78 is 46.3. The predicted octanol–water partition coefficient (Wildman–Crippen LogP) is 2.65. The van der Waals surface area contributed by atoms with Crippen molar-refractivity contribution in [2.75, 3.05) is 26.3 Å². The van der Waals surface area contributed by atoms with Gasteiger partial charge < -0.3 is 10.1 Å². The average molecular weight is 406 g/mol. The predicted molar refractivity (Wildman–Crippen MR) is 103 cm³/mol. The lowest BCUT2D eigenvalue weighted by atomic mass is 10.0. The molecule has 1 fully saturated rings. The van der Waals surface area contributed by atoms with Gasteiger partial charge >= 0.3 is 0 Å². The van der Waals surface area contributed by atoms with Crippen molar-refractivity contribution < 1.29 is 22.3 Å². The van der Waals surface area contributed by atoms with Crippen molar-refractivity contribution in [1.29, 1.82) is 0 Å². The number of sulfonamides is 1. The summed E-state index contributed by atoms with van der Waals surface area (Å²) >= 11 is 0. The van der Waals surface area contributed by atoms with Crippen LogP contribution in [0.4, 0.5) is 4.39 Å². The molecule has 1 heterocycles. The molecule has 0 aliphatic carbocycles. The lowest BCUT2D eigenvalue weighted by Crippen LogP contribution is -2.40. The fraction of sp³-hybridized carbons (Fsp3) is 0.350. The van der Waals surface area contributed by atoms with Crippen molar-refractivity contribution >= 4 is 15.9 Å². The Morgan fingerprint density at radius 2 is 1.86 bits per heavy atom. The molecule has 1 aliphatic rings. The van der Waals surface area contributed by atoms with Crippen LogP contribution >= 0.6 is 0 Å². The first-order chi connectivity index (χ1) is 13.3. The highest BCUT2D eigenvalue weighted by molar-refractivity contribution is 7.89.